The molecular formula is C14H17IO4. The Morgan fingerprint density at radius 3 is 2.79 bits per heavy atom. The molecule has 1 aromatic carbocycles. The maximum atomic E-state index is 10.3. The predicted molar refractivity (Wildman–Crippen MR) is 81.0 cm³/mol. The summed E-state index contributed by atoms with van der Waals surface area (Å²) in [5, 5.41) is 28.4. The molecule has 0 aliphatic heterocycles. The number of aliphatic carboxylic acids is 1. The van der Waals surface area contributed by atoms with E-state index in [4.69, 9.17) is 5.11 Å². The Labute approximate surface area is 125 Å². The standard InChI is InChI=1S/C14H17IO4/c1-9(4-2-3-5-13(17)18)14(19)11-8-10(15)6-7-12(11)16/h3,5-9,14,16,19H,2,4H2,1H3,(H,17,18)/b5-3+/t9-,14+/m0/s1. The highest BCUT2D eigenvalue weighted by atomic mass is 127. The zero-order chi connectivity index (χ0) is 14.4. The fourth-order valence-electron chi connectivity index (χ4n) is 1.77. The second-order valence-corrected chi connectivity index (χ2v) is 5.69. The smallest absolute Gasteiger partial charge is 0.327 e. The van der Waals surface area contributed by atoms with Crippen LogP contribution in [-0.4, -0.2) is 21.3 Å². The van der Waals surface area contributed by atoms with Crippen LogP contribution in [-0.2, 0) is 4.79 Å². The van der Waals surface area contributed by atoms with E-state index in [0.29, 0.717) is 18.4 Å². The zero-order valence-corrected chi connectivity index (χ0v) is 12.7. The number of carbonyl (C=O) groups is 1. The zero-order valence-electron chi connectivity index (χ0n) is 10.6. The maximum absolute atomic E-state index is 10.3. The van der Waals surface area contributed by atoms with Gasteiger partial charge in [0.15, 0.2) is 0 Å². The fourth-order valence-corrected chi connectivity index (χ4v) is 2.29. The number of carboxylic acids is 1. The summed E-state index contributed by atoms with van der Waals surface area (Å²) in [6, 6.07) is 5.09. The highest BCUT2D eigenvalue weighted by Crippen LogP contribution is 2.32. The Hall–Kier alpha value is -1.08. The lowest BCUT2D eigenvalue weighted by molar-refractivity contribution is -0.131. The van der Waals surface area contributed by atoms with Crippen molar-refractivity contribution in [1.82, 2.24) is 0 Å². The number of benzene rings is 1. The number of aliphatic hydroxyl groups excluding tert-OH is 1. The van der Waals surface area contributed by atoms with Crippen molar-refractivity contribution in [3.05, 3.63) is 39.5 Å². The normalized spacial score (nSPS) is 14.5. The summed E-state index contributed by atoms with van der Waals surface area (Å²) < 4.78 is 0.947. The van der Waals surface area contributed by atoms with Crippen LogP contribution in [0.25, 0.3) is 0 Å². The molecular weight excluding hydrogens is 359 g/mol. The molecule has 5 heteroatoms. The molecule has 4 nitrogen and oxygen atoms in total. The first-order chi connectivity index (χ1) is 8.91. The Kier molecular flexibility index (Phi) is 6.30. The molecule has 104 valence electrons. The van der Waals surface area contributed by atoms with Crippen LogP contribution in [0.3, 0.4) is 0 Å². The Morgan fingerprint density at radius 2 is 2.16 bits per heavy atom. The van der Waals surface area contributed by atoms with Crippen molar-refractivity contribution < 1.29 is 20.1 Å². The average Bonchev–Trinajstić information content (AvgIpc) is 2.36. The summed E-state index contributed by atoms with van der Waals surface area (Å²) >= 11 is 2.12. The van der Waals surface area contributed by atoms with Gasteiger partial charge < -0.3 is 15.3 Å². The van der Waals surface area contributed by atoms with E-state index in [1.807, 2.05) is 6.92 Å². The molecule has 0 aliphatic rings. The van der Waals surface area contributed by atoms with Gasteiger partial charge in [0, 0.05) is 15.2 Å². The van der Waals surface area contributed by atoms with Gasteiger partial charge in [-0.3, -0.25) is 0 Å². The summed E-state index contributed by atoms with van der Waals surface area (Å²) in [5.74, 6) is -0.952. The third-order valence-electron chi connectivity index (χ3n) is 2.90. The van der Waals surface area contributed by atoms with E-state index in [-0.39, 0.29) is 11.7 Å². The summed E-state index contributed by atoms with van der Waals surface area (Å²) in [4.78, 5) is 10.3. The van der Waals surface area contributed by atoms with Crippen molar-refractivity contribution in [3.8, 4) is 5.75 Å². The third-order valence-corrected chi connectivity index (χ3v) is 3.57. The highest BCUT2D eigenvalue weighted by molar-refractivity contribution is 14.1. The molecule has 3 N–H and O–H groups in total. The second kappa shape index (κ2) is 7.49. The van der Waals surface area contributed by atoms with Gasteiger partial charge in [-0.15, -0.1) is 0 Å². The predicted octanol–water partition coefficient (Wildman–Crippen LogP) is 3.09. The lowest BCUT2D eigenvalue weighted by Gasteiger charge is -2.19. The van der Waals surface area contributed by atoms with Crippen LogP contribution in [0.15, 0.2) is 30.4 Å². The van der Waals surface area contributed by atoms with E-state index < -0.39 is 12.1 Å². The topological polar surface area (TPSA) is 77.8 Å². The summed E-state index contributed by atoms with van der Waals surface area (Å²) in [6.07, 6.45) is 3.14. The number of hydrogen-bond acceptors (Lipinski definition) is 3. The number of hydrogen-bond donors (Lipinski definition) is 3. The molecule has 0 spiro atoms. The SMILES string of the molecule is C[C@@H](CC/C=C/C(=O)O)[C@@H](O)c1cc(I)ccc1O. The summed E-state index contributed by atoms with van der Waals surface area (Å²) in [6.45, 7) is 1.87. The van der Waals surface area contributed by atoms with Crippen molar-refractivity contribution in [2.75, 3.05) is 0 Å². The first-order valence-electron chi connectivity index (χ1n) is 5.97. The van der Waals surface area contributed by atoms with Gasteiger partial charge in [0.2, 0.25) is 0 Å². The van der Waals surface area contributed by atoms with E-state index >= 15 is 0 Å². The van der Waals surface area contributed by atoms with Gasteiger partial charge in [-0.2, -0.15) is 0 Å². The quantitative estimate of drug-likeness (QED) is 0.527. The second-order valence-electron chi connectivity index (χ2n) is 4.44. The first kappa shape index (κ1) is 16.0. The van der Waals surface area contributed by atoms with Gasteiger partial charge in [-0.05, 0) is 59.5 Å². The molecule has 1 aromatic rings. The van der Waals surface area contributed by atoms with Gasteiger partial charge in [-0.1, -0.05) is 13.0 Å². The number of allylic oxidation sites excluding steroid dienone is 1. The molecule has 0 saturated carbocycles. The van der Waals surface area contributed by atoms with Crippen molar-refractivity contribution in [3.63, 3.8) is 0 Å². The Morgan fingerprint density at radius 1 is 1.47 bits per heavy atom. The number of carboxylic acid groups (broad SMARTS) is 1. The van der Waals surface area contributed by atoms with Gasteiger partial charge in [0.1, 0.15) is 5.75 Å². The van der Waals surface area contributed by atoms with Gasteiger partial charge in [0.25, 0.3) is 0 Å². The molecule has 1 rings (SSSR count). The van der Waals surface area contributed by atoms with Crippen LogP contribution in [0.5, 0.6) is 5.75 Å². The molecule has 0 aliphatic carbocycles. The van der Waals surface area contributed by atoms with E-state index in [9.17, 15) is 15.0 Å². The minimum absolute atomic E-state index is 0.0671. The van der Waals surface area contributed by atoms with E-state index in [0.717, 1.165) is 9.65 Å². The van der Waals surface area contributed by atoms with Crippen molar-refractivity contribution in [2.24, 2.45) is 5.92 Å². The number of aliphatic hydroxyl groups is 1. The lowest BCUT2D eigenvalue weighted by Crippen LogP contribution is -2.09. The number of halogens is 1. The van der Waals surface area contributed by atoms with E-state index in [1.165, 1.54) is 0 Å². The molecule has 0 unspecified atom stereocenters. The van der Waals surface area contributed by atoms with Crippen LogP contribution < -0.4 is 0 Å². The first-order valence-corrected chi connectivity index (χ1v) is 7.05. The average molecular weight is 376 g/mol. The van der Waals surface area contributed by atoms with E-state index in [2.05, 4.69) is 22.6 Å². The minimum Gasteiger partial charge on any atom is -0.508 e. The van der Waals surface area contributed by atoms with Crippen LogP contribution in [0.2, 0.25) is 0 Å². The molecule has 0 radical (unpaired) electrons. The molecule has 0 amide bonds. The monoisotopic (exact) mass is 376 g/mol. The summed E-state index contributed by atoms with van der Waals surface area (Å²) in [7, 11) is 0. The number of phenolic OH excluding ortho intramolecular Hbond substituents is 1. The van der Waals surface area contributed by atoms with Crippen molar-refractivity contribution >= 4 is 28.6 Å². The molecule has 0 bridgehead atoms. The fraction of sp³-hybridized carbons (Fsp3) is 0.357. The summed E-state index contributed by atoms with van der Waals surface area (Å²) in [5.41, 5.74) is 0.515. The highest BCUT2D eigenvalue weighted by Gasteiger charge is 2.19. The Balaban J connectivity index is 2.63. The molecule has 0 heterocycles. The lowest BCUT2D eigenvalue weighted by atomic mass is 9.93. The van der Waals surface area contributed by atoms with Crippen LogP contribution in [0.4, 0.5) is 0 Å². The molecule has 19 heavy (non-hydrogen) atoms. The largest absolute Gasteiger partial charge is 0.508 e. The van der Waals surface area contributed by atoms with Crippen LogP contribution >= 0.6 is 22.6 Å². The van der Waals surface area contributed by atoms with Crippen LogP contribution in [0.1, 0.15) is 31.4 Å². The third kappa shape index (κ3) is 5.20. The molecule has 0 aromatic heterocycles. The number of aromatic hydroxyl groups is 1. The number of rotatable bonds is 6. The minimum atomic E-state index is -0.969. The Bertz CT molecular complexity index is 471. The maximum Gasteiger partial charge on any atom is 0.327 e. The van der Waals surface area contributed by atoms with Gasteiger partial charge in [-0.25, -0.2) is 4.79 Å². The number of phenols is 1. The van der Waals surface area contributed by atoms with E-state index in [1.54, 1.807) is 24.3 Å². The van der Waals surface area contributed by atoms with Gasteiger partial charge in [0.05, 0.1) is 6.10 Å². The van der Waals surface area contributed by atoms with Crippen molar-refractivity contribution in [2.45, 2.75) is 25.9 Å². The molecule has 0 fully saturated rings. The molecule has 2 atom stereocenters. The van der Waals surface area contributed by atoms with Crippen LogP contribution in [0, 0.1) is 9.49 Å². The van der Waals surface area contributed by atoms with Gasteiger partial charge >= 0.3 is 5.97 Å². The van der Waals surface area contributed by atoms with Crippen molar-refractivity contribution in [1.29, 1.82) is 0 Å². The molecule has 0 saturated heterocycles.